The van der Waals surface area contributed by atoms with Gasteiger partial charge in [0.1, 0.15) is 0 Å². The second kappa shape index (κ2) is 5.14. The van der Waals surface area contributed by atoms with Crippen molar-refractivity contribution in [3.05, 3.63) is 11.9 Å². The smallest absolute Gasteiger partial charge is 0.0859 e. The van der Waals surface area contributed by atoms with Gasteiger partial charge in [-0.25, -0.2) is 4.39 Å². The Morgan fingerprint density at radius 2 is 2.20 bits per heavy atom. The molecule has 0 bridgehead atoms. The van der Waals surface area contributed by atoms with Crippen molar-refractivity contribution in [1.82, 2.24) is 0 Å². The molecule has 1 fully saturated rings. The lowest BCUT2D eigenvalue weighted by molar-refractivity contribution is 0.131. The van der Waals surface area contributed by atoms with Crippen LogP contribution >= 0.6 is 0 Å². The lowest BCUT2D eigenvalue weighted by atomic mass is 9.66. The van der Waals surface area contributed by atoms with Crippen LogP contribution in [0.3, 0.4) is 0 Å². The molecule has 2 unspecified atom stereocenters. The molecule has 0 aromatic rings. The molecular weight excluding hydrogens is 187 g/mol. The van der Waals surface area contributed by atoms with Crippen LogP contribution < -0.4 is 0 Å². The van der Waals surface area contributed by atoms with Gasteiger partial charge in [-0.05, 0) is 42.1 Å². The van der Waals surface area contributed by atoms with Gasteiger partial charge in [0.05, 0.1) is 6.33 Å². The number of allylic oxidation sites excluding steroid dienone is 1. The van der Waals surface area contributed by atoms with E-state index in [0.717, 1.165) is 30.7 Å². The summed E-state index contributed by atoms with van der Waals surface area (Å²) in [5.74, 6) is 1.41. The Bertz CT molecular complexity index is 229. The SMILES string of the molecule is CC/C(=C\F)CC1(C(C)C)CCCC1C. The molecule has 0 heterocycles. The van der Waals surface area contributed by atoms with Gasteiger partial charge in [0.25, 0.3) is 0 Å². The Kier molecular flexibility index (Phi) is 4.36. The minimum Gasteiger partial charge on any atom is -0.216 e. The van der Waals surface area contributed by atoms with Gasteiger partial charge in [0.15, 0.2) is 0 Å². The maximum absolute atomic E-state index is 12.7. The highest BCUT2D eigenvalue weighted by molar-refractivity contribution is 5.06. The maximum atomic E-state index is 12.7. The number of hydrogen-bond donors (Lipinski definition) is 0. The largest absolute Gasteiger partial charge is 0.216 e. The lowest BCUT2D eigenvalue weighted by Crippen LogP contribution is -2.30. The van der Waals surface area contributed by atoms with Crippen LogP contribution in [0.2, 0.25) is 0 Å². The maximum Gasteiger partial charge on any atom is 0.0859 e. The molecule has 1 heteroatoms. The molecule has 0 aromatic carbocycles. The quantitative estimate of drug-likeness (QED) is 0.608. The van der Waals surface area contributed by atoms with Crippen LogP contribution in [0.1, 0.15) is 59.8 Å². The first-order chi connectivity index (χ1) is 7.06. The predicted octanol–water partition coefficient (Wildman–Crippen LogP) is 5.10. The Morgan fingerprint density at radius 1 is 1.53 bits per heavy atom. The fourth-order valence-corrected chi connectivity index (χ4v) is 3.26. The molecule has 88 valence electrons. The third-order valence-electron chi connectivity index (χ3n) is 4.58. The van der Waals surface area contributed by atoms with Gasteiger partial charge in [0.2, 0.25) is 0 Å². The predicted molar refractivity (Wildman–Crippen MR) is 64.4 cm³/mol. The van der Waals surface area contributed by atoms with Crippen molar-refractivity contribution in [3.63, 3.8) is 0 Å². The molecule has 15 heavy (non-hydrogen) atoms. The molecule has 1 aliphatic rings. The zero-order valence-corrected chi connectivity index (χ0v) is 10.6. The molecule has 0 spiro atoms. The highest BCUT2D eigenvalue weighted by Gasteiger charge is 2.42. The van der Waals surface area contributed by atoms with Crippen LogP contribution in [0.4, 0.5) is 4.39 Å². The van der Waals surface area contributed by atoms with Crippen molar-refractivity contribution >= 4 is 0 Å². The van der Waals surface area contributed by atoms with Crippen LogP contribution in [0.15, 0.2) is 11.9 Å². The van der Waals surface area contributed by atoms with Gasteiger partial charge < -0.3 is 0 Å². The molecule has 1 saturated carbocycles. The molecule has 0 aromatic heterocycles. The van der Waals surface area contributed by atoms with E-state index in [2.05, 4.69) is 27.7 Å². The van der Waals surface area contributed by atoms with Gasteiger partial charge in [0, 0.05) is 0 Å². The monoisotopic (exact) mass is 212 g/mol. The summed E-state index contributed by atoms with van der Waals surface area (Å²) < 4.78 is 12.7. The average Bonchev–Trinajstić information content (AvgIpc) is 2.57. The number of halogens is 1. The minimum absolute atomic E-state index is 0.369. The van der Waals surface area contributed by atoms with Gasteiger partial charge in [-0.3, -0.25) is 0 Å². The van der Waals surface area contributed by atoms with Crippen LogP contribution in [0.25, 0.3) is 0 Å². The van der Waals surface area contributed by atoms with Crippen molar-refractivity contribution in [2.24, 2.45) is 17.3 Å². The van der Waals surface area contributed by atoms with Crippen molar-refractivity contribution < 1.29 is 4.39 Å². The van der Waals surface area contributed by atoms with Crippen LogP contribution in [-0.2, 0) is 0 Å². The molecule has 0 amide bonds. The zero-order chi connectivity index (χ0) is 11.5. The van der Waals surface area contributed by atoms with Crippen LogP contribution in [0.5, 0.6) is 0 Å². The molecule has 1 rings (SSSR count). The van der Waals surface area contributed by atoms with Crippen molar-refractivity contribution in [3.8, 4) is 0 Å². The molecule has 0 radical (unpaired) electrons. The van der Waals surface area contributed by atoms with E-state index in [0.29, 0.717) is 11.3 Å². The fraction of sp³-hybridized carbons (Fsp3) is 0.857. The summed E-state index contributed by atoms with van der Waals surface area (Å²) in [6, 6.07) is 0. The highest BCUT2D eigenvalue weighted by Crippen LogP contribution is 2.52. The van der Waals surface area contributed by atoms with E-state index in [4.69, 9.17) is 0 Å². The first kappa shape index (κ1) is 12.7. The summed E-state index contributed by atoms with van der Waals surface area (Å²) in [5, 5.41) is 0. The second-order valence-corrected chi connectivity index (χ2v) is 5.48. The fourth-order valence-electron chi connectivity index (χ4n) is 3.26. The van der Waals surface area contributed by atoms with Crippen molar-refractivity contribution in [1.29, 1.82) is 0 Å². The first-order valence-electron chi connectivity index (χ1n) is 6.35. The molecule has 0 aliphatic heterocycles. The molecule has 0 saturated heterocycles. The Morgan fingerprint density at radius 3 is 2.53 bits per heavy atom. The summed E-state index contributed by atoms with van der Waals surface area (Å²) in [6.07, 6.45) is 6.60. The van der Waals surface area contributed by atoms with E-state index >= 15 is 0 Å². The number of hydrogen-bond acceptors (Lipinski definition) is 0. The normalized spacial score (nSPS) is 32.7. The van der Waals surface area contributed by atoms with Crippen molar-refractivity contribution in [2.75, 3.05) is 0 Å². The Balaban J connectivity index is 2.83. The summed E-state index contributed by atoms with van der Waals surface area (Å²) in [7, 11) is 0. The third kappa shape index (κ3) is 2.43. The van der Waals surface area contributed by atoms with Crippen molar-refractivity contribution in [2.45, 2.75) is 59.8 Å². The van der Waals surface area contributed by atoms with E-state index in [1.54, 1.807) is 0 Å². The van der Waals surface area contributed by atoms with E-state index < -0.39 is 0 Å². The molecule has 1 aliphatic carbocycles. The zero-order valence-electron chi connectivity index (χ0n) is 10.6. The van der Waals surface area contributed by atoms with Gasteiger partial charge in [-0.1, -0.05) is 40.5 Å². The third-order valence-corrected chi connectivity index (χ3v) is 4.58. The summed E-state index contributed by atoms with van der Waals surface area (Å²) in [5.41, 5.74) is 1.37. The molecule has 2 atom stereocenters. The summed E-state index contributed by atoms with van der Waals surface area (Å²) in [6.45, 7) is 9.00. The van der Waals surface area contributed by atoms with Gasteiger partial charge in [-0.2, -0.15) is 0 Å². The standard InChI is InChI=1S/C14H25F/c1-5-13(10-15)9-14(11(2)3)8-6-7-12(14)4/h10-12H,5-9H2,1-4H3/b13-10+. The Hall–Kier alpha value is -0.330. The second-order valence-electron chi connectivity index (χ2n) is 5.48. The topological polar surface area (TPSA) is 0 Å². The average molecular weight is 212 g/mol. The molecular formula is C14H25F. The van der Waals surface area contributed by atoms with E-state index in [-0.39, 0.29) is 0 Å². The minimum atomic E-state index is 0.369. The van der Waals surface area contributed by atoms with E-state index in [1.807, 2.05) is 0 Å². The van der Waals surface area contributed by atoms with E-state index in [9.17, 15) is 4.39 Å². The molecule has 0 N–H and O–H groups in total. The van der Waals surface area contributed by atoms with Crippen LogP contribution in [0, 0.1) is 17.3 Å². The highest BCUT2D eigenvalue weighted by atomic mass is 19.1. The van der Waals surface area contributed by atoms with Gasteiger partial charge in [-0.15, -0.1) is 0 Å². The lowest BCUT2D eigenvalue weighted by Gasteiger charge is -2.38. The van der Waals surface area contributed by atoms with Crippen LogP contribution in [-0.4, -0.2) is 0 Å². The first-order valence-corrected chi connectivity index (χ1v) is 6.35. The summed E-state index contributed by atoms with van der Waals surface area (Å²) >= 11 is 0. The Labute approximate surface area is 94.0 Å². The summed E-state index contributed by atoms with van der Waals surface area (Å²) in [4.78, 5) is 0. The van der Waals surface area contributed by atoms with E-state index in [1.165, 1.54) is 19.3 Å². The number of rotatable bonds is 4. The molecule has 0 nitrogen and oxygen atoms in total. The van der Waals surface area contributed by atoms with Gasteiger partial charge >= 0.3 is 0 Å².